The van der Waals surface area contributed by atoms with Gasteiger partial charge >= 0.3 is 5.97 Å². The zero-order valence-electron chi connectivity index (χ0n) is 21.3. The molecule has 0 aromatic rings. The van der Waals surface area contributed by atoms with Crippen molar-refractivity contribution in [3.63, 3.8) is 0 Å². The Kier molecular flexibility index (Phi) is 10.1. The van der Waals surface area contributed by atoms with Crippen molar-refractivity contribution in [2.45, 2.75) is 97.2 Å². The van der Waals surface area contributed by atoms with E-state index in [9.17, 15) is 19.8 Å². The number of likely N-dealkylation sites (N-methyl/N-ethyl adjacent to an activating group) is 1. The lowest BCUT2D eigenvalue weighted by Crippen LogP contribution is -2.56. The minimum absolute atomic E-state index is 0.0217. The van der Waals surface area contributed by atoms with Crippen molar-refractivity contribution >= 4 is 11.8 Å². The van der Waals surface area contributed by atoms with Gasteiger partial charge < -0.3 is 29.3 Å². The second kappa shape index (κ2) is 11.9. The summed E-state index contributed by atoms with van der Waals surface area (Å²) in [6.45, 7) is 10.8. The van der Waals surface area contributed by atoms with Crippen molar-refractivity contribution < 1.29 is 34.0 Å². The van der Waals surface area contributed by atoms with Crippen molar-refractivity contribution in [2.24, 2.45) is 23.7 Å². The zero-order chi connectivity index (χ0) is 25.0. The number of carbonyl (C=O) groups is 2. The van der Waals surface area contributed by atoms with E-state index in [0.29, 0.717) is 12.8 Å². The number of nitrogens with zero attached hydrogens (tertiary/aromatic N) is 1. The largest absolute Gasteiger partial charge is 0.459 e. The van der Waals surface area contributed by atoms with E-state index in [1.165, 1.54) is 6.08 Å². The molecule has 0 aliphatic carbocycles. The third kappa shape index (κ3) is 7.09. The lowest BCUT2D eigenvalue weighted by molar-refractivity contribution is -0.279. The van der Waals surface area contributed by atoms with E-state index >= 15 is 0 Å². The maximum atomic E-state index is 13.1. The van der Waals surface area contributed by atoms with E-state index in [2.05, 4.69) is 0 Å². The molecule has 0 aromatic heterocycles. The predicted octanol–water partition coefficient (Wildman–Crippen LogP) is 2.16. The molecule has 0 spiro atoms. The fourth-order valence-corrected chi connectivity index (χ4v) is 4.90. The molecule has 0 amide bonds. The minimum Gasteiger partial charge on any atom is -0.459 e. The van der Waals surface area contributed by atoms with E-state index in [0.717, 1.165) is 0 Å². The van der Waals surface area contributed by atoms with Gasteiger partial charge in [-0.15, -0.1) is 0 Å². The average molecular weight is 470 g/mol. The molecule has 1 saturated heterocycles. The molecule has 1 fully saturated rings. The number of ether oxygens (including phenoxy) is 3. The highest BCUT2D eigenvalue weighted by molar-refractivity contribution is 5.91. The smallest absolute Gasteiger partial charge is 0.311 e. The van der Waals surface area contributed by atoms with Gasteiger partial charge in [0.1, 0.15) is 12.2 Å². The molecule has 33 heavy (non-hydrogen) atoms. The zero-order valence-corrected chi connectivity index (χ0v) is 21.3. The highest BCUT2D eigenvalue weighted by Gasteiger charge is 2.43. The van der Waals surface area contributed by atoms with Crippen molar-refractivity contribution in [1.29, 1.82) is 0 Å². The Balaban J connectivity index is 2.35. The lowest BCUT2D eigenvalue weighted by atomic mass is 9.84. The Morgan fingerprint density at radius 3 is 2.33 bits per heavy atom. The highest BCUT2D eigenvalue weighted by Crippen LogP contribution is 2.32. The Bertz CT molecular complexity index is 694. The first kappa shape index (κ1) is 27.9. The van der Waals surface area contributed by atoms with E-state index in [4.69, 9.17) is 14.2 Å². The number of aliphatic hydroxyl groups excluding tert-OH is 2. The molecule has 2 N–H and O–H groups in total. The van der Waals surface area contributed by atoms with Crippen LogP contribution in [0.15, 0.2) is 12.2 Å². The van der Waals surface area contributed by atoms with Crippen LogP contribution in [0.4, 0.5) is 0 Å². The lowest BCUT2D eigenvalue weighted by Gasteiger charge is -2.43. The number of cyclic esters (lactones) is 1. The van der Waals surface area contributed by atoms with Gasteiger partial charge in [0.25, 0.3) is 0 Å². The normalized spacial score (nSPS) is 43.4. The molecule has 8 heteroatoms. The van der Waals surface area contributed by atoms with Gasteiger partial charge in [0.05, 0.1) is 24.2 Å². The fourth-order valence-electron chi connectivity index (χ4n) is 4.90. The molecule has 1 unspecified atom stereocenters. The number of carbonyl (C=O) groups excluding carboxylic acids is 2. The molecule has 0 saturated carbocycles. The first-order valence-corrected chi connectivity index (χ1v) is 12.1. The van der Waals surface area contributed by atoms with Crippen molar-refractivity contribution in [2.75, 3.05) is 14.1 Å². The standard InChI is InChI=1S/C25H43NO7/c1-13-9-10-20(28)14(2)11-15(3)22(17(5)24(30)32-23(13)18(6)27)33-25-21(29)19(26(7)8)12-16(4)31-25/h9-10,13-19,21-23,25,27,29H,11-12H2,1-8H3/b10-9+/t13-,14-,15+,16-,17-,18?,19+,21-,22+,23+,25+/m1/s1. The van der Waals surface area contributed by atoms with E-state index in [1.807, 2.05) is 39.8 Å². The number of rotatable bonds is 4. The minimum atomic E-state index is -0.908. The Labute approximate surface area is 198 Å². The fraction of sp³-hybridized carbons (Fsp3) is 0.840. The molecule has 190 valence electrons. The molecule has 2 rings (SSSR count). The third-order valence-corrected chi connectivity index (χ3v) is 7.01. The molecule has 2 aliphatic rings. The van der Waals surface area contributed by atoms with E-state index in [1.54, 1.807) is 26.8 Å². The van der Waals surface area contributed by atoms with Gasteiger partial charge in [0.15, 0.2) is 12.1 Å². The summed E-state index contributed by atoms with van der Waals surface area (Å²) in [5.41, 5.74) is 0. The molecular weight excluding hydrogens is 426 g/mol. The number of hydrogen-bond donors (Lipinski definition) is 2. The first-order valence-electron chi connectivity index (χ1n) is 12.1. The second-order valence-corrected chi connectivity index (χ2v) is 10.3. The topological polar surface area (TPSA) is 106 Å². The number of allylic oxidation sites excluding steroid dienone is 1. The summed E-state index contributed by atoms with van der Waals surface area (Å²) in [5.74, 6) is -1.99. The summed E-state index contributed by atoms with van der Waals surface area (Å²) in [6, 6.07) is -0.145. The number of ketones is 1. The van der Waals surface area contributed by atoms with Gasteiger partial charge in [0.2, 0.25) is 0 Å². The second-order valence-electron chi connectivity index (χ2n) is 10.3. The van der Waals surface area contributed by atoms with E-state index < -0.39 is 42.6 Å². The van der Waals surface area contributed by atoms with Gasteiger partial charge in [-0.1, -0.05) is 26.8 Å². The summed E-state index contributed by atoms with van der Waals surface area (Å²) in [4.78, 5) is 27.8. The maximum Gasteiger partial charge on any atom is 0.311 e. The Hall–Kier alpha value is -1.32. The van der Waals surface area contributed by atoms with Crippen LogP contribution >= 0.6 is 0 Å². The van der Waals surface area contributed by atoms with Crippen molar-refractivity contribution in [3.05, 3.63) is 12.2 Å². The molecule has 0 bridgehead atoms. The van der Waals surface area contributed by atoms with Gasteiger partial charge in [-0.25, -0.2) is 0 Å². The monoisotopic (exact) mass is 469 g/mol. The quantitative estimate of drug-likeness (QED) is 0.604. The van der Waals surface area contributed by atoms with Crippen LogP contribution in [0.25, 0.3) is 0 Å². The van der Waals surface area contributed by atoms with Gasteiger partial charge in [0, 0.05) is 17.9 Å². The van der Waals surface area contributed by atoms with Crippen LogP contribution in [0.2, 0.25) is 0 Å². The highest BCUT2D eigenvalue weighted by atomic mass is 16.7. The summed E-state index contributed by atoms with van der Waals surface area (Å²) < 4.78 is 18.0. The van der Waals surface area contributed by atoms with Crippen LogP contribution in [0.1, 0.15) is 54.4 Å². The Morgan fingerprint density at radius 1 is 1.12 bits per heavy atom. The maximum absolute atomic E-state index is 13.1. The molecule has 8 nitrogen and oxygen atoms in total. The van der Waals surface area contributed by atoms with Crippen LogP contribution in [0, 0.1) is 23.7 Å². The van der Waals surface area contributed by atoms with Crippen LogP contribution in [-0.2, 0) is 23.8 Å². The summed E-state index contributed by atoms with van der Waals surface area (Å²) in [6.07, 6.45) is 0.131. The average Bonchev–Trinajstić information content (AvgIpc) is 2.73. The third-order valence-electron chi connectivity index (χ3n) is 7.01. The molecular formula is C25H43NO7. The molecule has 11 atom stereocenters. The van der Waals surface area contributed by atoms with Crippen LogP contribution in [0.5, 0.6) is 0 Å². The van der Waals surface area contributed by atoms with Gasteiger partial charge in [-0.2, -0.15) is 0 Å². The van der Waals surface area contributed by atoms with E-state index in [-0.39, 0.29) is 35.7 Å². The summed E-state index contributed by atoms with van der Waals surface area (Å²) in [5, 5.41) is 21.1. The molecule has 2 heterocycles. The first-order chi connectivity index (χ1) is 15.3. The summed E-state index contributed by atoms with van der Waals surface area (Å²) >= 11 is 0. The number of hydrogen-bond acceptors (Lipinski definition) is 8. The SMILES string of the molecule is CC(O)[C@H]1OC(=O)[C@H](C)[C@@H](O[C@@H]2O[C@H](C)C[C@H](N(C)C)[C@H]2O)[C@@H](C)C[C@@H](C)C(=O)/C=C/[C@H]1C. The summed E-state index contributed by atoms with van der Waals surface area (Å²) in [7, 11) is 3.81. The van der Waals surface area contributed by atoms with Crippen LogP contribution in [-0.4, -0.2) is 83.8 Å². The molecule has 2 aliphatic heterocycles. The van der Waals surface area contributed by atoms with Gasteiger partial charge in [-0.05, 0) is 59.7 Å². The Morgan fingerprint density at radius 2 is 1.76 bits per heavy atom. The molecule has 0 aromatic carbocycles. The number of aliphatic hydroxyl groups is 2. The van der Waals surface area contributed by atoms with Gasteiger partial charge in [-0.3, -0.25) is 9.59 Å². The van der Waals surface area contributed by atoms with Crippen molar-refractivity contribution in [3.8, 4) is 0 Å². The predicted molar refractivity (Wildman–Crippen MR) is 124 cm³/mol. The number of esters is 1. The van der Waals surface area contributed by atoms with Crippen molar-refractivity contribution in [1.82, 2.24) is 4.90 Å². The van der Waals surface area contributed by atoms with Crippen LogP contribution in [0.3, 0.4) is 0 Å². The van der Waals surface area contributed by atoms with Crippen LogP contribution < -0.4 is 0 Å². The molecule has 0 radical (unpaired) electrons.